The van der Waals surface area contributed by atoms with Crippen molar-refractivity contribution in [2.24, 2.45) is 0 Å². The van der Waals surface area contributed by atoms with Gasteiger partial charge < -0.3 is 9.47 Å². The maximum atomic E-state index is 5.71. The lowest BCUT2D eigenvalue weighted by molar-refractivity contribution is 0.0767. The van der Waals surface area contributed by atoms with Gasteiger partial charge in [-0.05, 0) is 26.0 Å². The molecular weight excluding hydrogens is 234 g/mol. The van der Waals surface area contributed by atoms with E-state index in [9.17, 15) is 0 Å². The van der Waals surface area contributed by atoms with Gasteiger partial charge in [0.1, 0.15) is 6.10 Å². The van der Waals surface area contributed by atoms with E-state index in [-0.39, 0.29) is 6.10 Å². The van der Waals surface area contributed by atoms with Crippen molar-refractivity contribution in [3.8, 4) is 0 Å². The number of hydrogen-bond donors (Lipinski definition) is 0. The quantitative estimate of drug-likeness (QED) is 0.635. The van der Waals surface area contributed by atoms with Crippen LogP contribution in [0.4, 0.5) is 0 Å². The number of hydrogen-bond acceptors (Lipinski definition) is 4. The highest BCUT2D eigenvalue weighted by Crippen LogP contribution is 2.20. The maximum Gasteiger partial charge on any atom is 0.108 e. The lowest BCUT2D eigenvalue weighted by atomic mass is 10.2. The van der Waals surface area contributed by atoms with Crippen molar-refractivity contribution in [2.75, 3.05) is 31.3 Å². The highest BCUT2D eigenvalue weighted by Gasteiger charge is 2.12. The Balaban J connectivity index is 2.33. The van der Waals surface area contributed by atoms with E-state index >= 15 is 0 Å². The van der Waals surface area contributed by atoms with Gasteiger partial charge >= 0.3 is 0 Å². The van der Waals surface area contributed by atoms with E-state index in [4.69, 9.17) is 9.47 Å². The minimum Gasteiger partial charge on any atom is -0.381 e. The Morgan fingerprint density at radius 2 is 2.18 bits per heavy atom. The molecule has 4 heteroatoms. The Kier molecular flexibility index (Phi) is 8.05. The molecule has 0 fully saturated rings. The lowest BCUT2D eigenvalue weighted by Gasteiger charge is -2.15. The van der Waals surface area contributed by atoms with E-state index in [1.165, 1.54) is 0 Å². The van der Waals surface area contributed by atoms with Gasteiger partial charge in [-0.15, -0.1) is 0 Å². The van der Waals surface area contributed by atoms with E-state index in [0.717, 1.165) is 30.4 Å². The molecule has 1 aromatic rings. The fourth-order valence-electron chi connectivity index (χ4n) is 1.44. The molecule has 0 spiro atoms. The monoisotopic (exact) mass is 255 g/mol. The Labute approximate surface area is 108 Å². The van der Waals surface area contributed by atoms with Gasteiger partial charge in [0.15, 0.2) is 0 Å². The second-order valence-electron chi connectivity index (χ2n) is 3.47. The Bertz CT molecular complexity index is 282. The minimum absolute atomic E-state index is 0.0906. The number of thioether (sulfide) groups is 1. The maximum absolute atomic E-state index is 5.71. The molecule has 96 valence electrons. The van der Waals surface area contributed by atoms with E-state index in [1.807, 2.05) is 50.0 Å². The first-order valence-corrected chi connectivity index (χ1v) is 7.22. The second kappa shape index (κ2) is 9.45. The van der Waals surface area contributed by atoms with Crippen molar-refractivity contribution < 1.29 is 9.47 Å². The van der Waals surface area contributed by atoms with Crippen molar-refractivity contribution in [3.05, 3.63) is 30.1 Å². The fraction of sp³-hybridized carbons (Fsp3) is 0.615. The molecule has 0 saturated carbocycles. The number of pyridine rings is 1. The van der Waals surface area contributed by atoms with Crippen LogP contribution in [0.1, 0.15) is 25.6 Å². The third kappa shape index (κ3) is 6.05. The van der Waals surface area contributed by atoms with E-state index in [1.54, 1.807) is 0 Å². The normalized spacial score (nSPS) is 12.6. The first-order valence-electron chi connectivity index (χ1n) is 6.06. The predicted octanol–water partition coefficient (Wildman–Crippen LogP) is 2.93. The Hall–Kier alpha value is -0.580. The molecule has 0 aliphatic heterocycles. The molecule has 1 rings (SSSR count). The molecule has 17 heavy (non-hydrogen) atoms. The SMILES string of the molecule is CCOCCSCC(OCC)c1ccccn1. The van der Waals surface area contributed by atoms with Gasteiger partial charge in [0.25, 0.3) is 0 Å². The van der Waals surface area contributed by atoms with Gasteiger partial charge in [0.2, 0.25) is 0 Å². The molecule has 0 saturated heterocycles. The summed E-state index contributed by atoms with van der Waals surface area (Å²) in [6.45, 7) is 6.34. The summed E-state index contributed by atoms with van der Waals surface area (Å²) in [4.78, 5) is 4.34. The molecule has 3 nitrogen and oxygen atoms in total. The number of aromatic nitrogens is 1. The Morgan fingerprint density at radius 3 is 2.82 bits per heavy atom. The van der Waals surface area contributed by atoms with Crippen LogP contribution in [0.5, 0.6) is 0 Å². The molecule has 0 aromatic carbocycles. The van der Waals surface area contributed by atoms with Gasteiger partial charge in [0.05, 0.1) is 12.3 Å². The molecule has 0 N–H and O–H groups in total. The van der Waals surface area contributed by atoms with Crippen molar-refractivity contribution >= 4 is 11.8 Å². The molecule has 0 amide bonds. The number of ether oxygens (including phenoxy) is 2. The molecule has 1 unspecified atom stereocenters. The fourth-order valence-corrected chi connectivity index (χ4v) is 2.32. The molecule has 0 aliphatic rings. The van der Waals surface area contributed by atoms with Crippen molar-refractivity contribution in [3.63, 3.8) is 0 Å². The van der Waals surface area contributed by atoms with Gasteiger partial charge in [-0.25, -0.2) is 0 Å². The molecule has 1 heterocycles. The largest absolute Gasteiger partial charge is 0.381 e. The molecular formula is C13H21NO2S. The molecule has 0 bridgehead atoms. The second-order valence-corrected chi connectivity index (χ2v) is 4.62. The van der Waals surface area contributed by atoms with Crippen LogP contribution in [0, 0.1) is 0 Å². The third-order valence-electron chi connectivity index (χ3n) is 2.23. The van der Waals surface area contributed by atoms with Crippen LogP contribution < -0.4 is 0 Å². The van der Waals surface area contributed by atoms with Crippen LogP contribution in [0.2, 0.25) is 0 Å². The summed E-state index contributed by atoms with van der Waals surface area (Å²) in [5.41, 5.74) is 1.01. The first kappa shape index (κ1) is 14.5. The highest BCUT2D eigenvalue weighted by atomic mass is 32.2. The summed E-state index contributed by atoms with van der Waals surface area (Å²) in [5, 5.41) is 0. The van der Waals surface area contributed by atoms with Crippen LogP contribution in [0.15, 0.2) is 24.4 Å². The van der Waals surface area contributed by atoms with Crippen molar-refractivity contribution in [1.29, 1.82) is 0 Å². The standard InChI is InChI=1S/C13H21NO2S/c1-3-15-9-10-17-11-13(16-4-2)12-7-5-6-8-14-12/h5-8,13H,3-4,9-11H2,1-2H3. The topological polar surface area (TPSA) is 31.4 Å². The third-order valence-corrected chi connectivity index (χ3v) is 3.22. The van der Waals surface area contributed by atoms with Crippen LogP contribution in [0.3, 0.4) is 0 Å². The van der Waals surface area contributed by atoms with Crippen molar-refractivity contribution in [2.45, 2.75) is 20.0 Å². The molecule has 0 radical (unpaired) electrons. The summed E-state index contributed by atoms with van der Waals surface area (Å²) >= 11 is 1.85. The minimum atomic E-state index is 0.0906. The van der Waals surface area contributed by atoms with Crippen LogP contribution in [0.25, 0.3) is 0 Å². The number of rotatable bonds is 9. The van der Waals surface area contributed by atoms with E-state index in [2.05, 4.69) is 4.98 Å². The van der Waals surface area contributed by atoms with Gasteiger partial charge in [0, 0.05) is 30.9 Å². The van der Waals surface area contributed by atoms with Crippen LogP contribution in [-0.2, 0) is 9.47 Å². The summed E-state index contributed by atoms with van der Waals surface area (Å²) in [7, 11) is 0. The molecule has 1 atom stereocenters. The predicted molar refractivity (Wildman–Crippen MR) is 72.4 cm³/mol. The Morgan fingerprint density at radius 1 is 1.29 bits per heavy atom. The first-order chi connectivity index (χ1) is 8.38. The highest BCUT2D eigenvalue weighted by molar-refractivity contribution is 7.99. The lowest BCUT2D eigenvalue weighted by Crippen LogP contribution is -2.10. The van der Waals surface area contributed by atoms with Crippen LogP contribution in [-0.4, -0.2) is 36.3 Å². The zero-order valence-corrected chi connectivity index (χ0v) is 11.4. The van der Waals surface area contributed by atoms with Crippen molar-refractivity contribution in [1.82, 2.24) is 4.98 Å². The summed E-state index contributed by atoms with van der Waals surface area (Å²) < 4.78 is 11.0. The zero-order valence-electron chi connectivity index (χ0n) is 10.6. The molecule has 1 aromatic heterocycles. The van der Waals surface area contributed by atoms with E-state index < -0.39 is 0 Å². The molecule has 0 aliphatic carbocycles. The average molecular weight is 255 g/mol. The van der Waals surface area contributed by atoms with Gasteiger partial charge in [-0.2, -0.15) is 11.8 Å². The summed E-state index contributed by atoms with van der Waals surface area (Å²) in [6, 6.07) is 5.94. The number of nitrogens with zero attached hydrogens (tertiary/aromatic N) is 1. The zero-order chi connectivity index (χ0) is 12.3. The van der Waals surface area contributed by atoms with Crippen LogP contribution >= 0.6 is 11.8 Å². The van der Waals surface area contributed by atoms with Gasteiger partial charge in [-0.1, -0.05) is 6.07 Å². The van der Waals surface area contributed by atoms with Gasteiger partial charge in [-0.3, -0.25) is 4.98 Å². The summed E-state index contributed by atoms with van der Waals surface area (Å²) in [6.07, 6.45) is 1.90. The van der Waals surface area contributed by atoms with E-state index in [0.29, 0.717) is 6.61 Å². The smallest absolute Gasteiger partial charge is 0.108 e. The summed E-state index contributed by atoms with van der Waals surface area (Å²) in [5.74, 6) is 1.93. The average Bonchev–Trinajstić information content (AvgIpc) is 2.38.